The number of carbonyl (C=O) groups is 1. The predicted octanol–water partition coefficient (Wildman–Crippen LogP) is 1.77. The zero-order valence-electron chi connectivity index (χ0n) is 9.27. The molecule has 0 aromatic heterocycles. The first kappa shape index (κ1) is 12.9. The summed E-state index contributed by atoms with van der Waals surface area (Å²) in [4.78, 5) is 11.7. The minimum atomic E-state index is -0.896. The third kappa shape index (κ3) is 3.43. The molecule has 3 N–H and O–H groups in total. The van der Waals surface area contributed by atoms with E-state index < -0.39 is 11.2 Å². The molecule has 0 saturated heterocycles. The second-order valence-electron chi connectivity index (χ2n) is 3.44. The topological polar surface area (TPSA) is 72.5 Å². The zero-order valence-corrected chi connectivity index (χ0v) is 10.1. The molecular weight excluding hydrogens is 226 g/mol. The average Bonchev–Trinajstić information content (AvgIpc) is 2.20. The Kier molecular flexibility index (Phi) is 4.64. The second kappa shape index (κ2) is 5.77. The molecule has 1 atom stereocenters. The van der Waals surface area contributed by atoms with Crippen LogP contribution in [0.3, 0.4) is 0 Å². The monoisotopic (exact) mass is 241 g/mol. The van der Waals surface area contributed by atoms with Crippen LogP contribution in [-0.4, -0.2) is 30.0 Å². The molecule has 1 aromatic rings. The van der Waals surface area contributed by atoms with Gasteiger partial charge in [-0.3, -0.25) is 4.79 Å². The van der Waals surface area contributed by atoms with Gasteiger partial charge in [0.1, 0.15) is 5.25 Å². The Bertz CT molecular complexity index is 381. The molecule has 0 amide bonds. The number of aryl methyl sites for hydroxylation is 1. The summed E-state index contributed by atoms with van der Waals surface area (Å²) in [6.07, 6.45) is 0. The Balaban J connectivity index is 2.81. The second-order valence-corrected chi connectivity index (χ2v) is 4.69. The van der Waals surface area contributed by atoms with E-state index in [2.05, 4.69) is 0 Å². The molecule has 16 heavy (non-hydrogen) atoms. The Labute approximate surface area is 98.8 Å². The molecule has 88 valence electrons. The molecule has 0 aliphatic carbocycles. The summed E-state index contributed by atoms with van der Waals surface area (Å²) in [5.41, 5.74) is 7.47. The van der Waals surface area contributed by atoms with Gasteiger partial charge in [-0.05, 0) is 24.6 Å². The molecule has 1 unspecified atom stereocenters. The maximum absolute atomic E-state index is 10.9. The van der Waals surface area contributed by atoms with E-state index in [0.717, 1.165) is 10.5 Å². The molecular formula is C11H15NO3S. The fourth-order valence-electron chi connectivity index (χ4n) is 1.24. The number of nitrogens with two attached hydrogens (primary N) is 1. The number of nitrogen functional groups attached to an aromatic ring is 1. The molecule has 1 aromatic carbocycles. The smallest absolute Gasteiger partial charge is 0.319 e. The third-order valence-corrected chi connectivity index (χ3v) is 3.28. The molecule has 1 rings (SSSR count). The number of benzene rings is 1. The van der Waals surface area contributed by atoms with Crippen molar-refractivity contribution in [1.29, 1.82) is 0 Å². The first-order valence-corrected chi connectivity index (χ1v) is 5.67. The number of methoxy groups -OCH3 is 1. The van der Waals surface area contributed by atoms with Crippen molar-refractivity contribution in [1.82, 2.24) is 0 Å². The molecule has 0 spiro atoms. The van der Waals surface area contributed by atoms with Crippen LogP contribution in [-0.2, 0) is 9.53 Å². The summed E-state index contributed by atoms with van der Waals surface area (Å²) in [6, 6.07) is 5.57. The molecule has 0 radical (unpaired) electrons. The van der Waals surface area contributed by atoms with E-state index in [9.17, 15) is 4.79 Å². The van der Waals surface area contributed by atoms with Crippen molar-refractivity contribution in [3.05, 3.63) is 23.8 Å². The van der Waals surface area contributed by atoms with Crippen molar-refractivity contribution in [2.75, 3.05) is 19.5 Å². The number of ether oxygens (including phenoxy) is 1. The summed E-state index contributed by atoms with van der Waals surface area (Å²) in [7, 11) is 1.48. The zero-order chi connectivity index (χ0) is 12.1. The normalized spacial score (nSPS) is 12.4. The summed E-state index contributed by atoms with van der Waals surface area (Å²) in [5.74, 6) is -0.896. The van der Waals surface area contributed by atoms with Crippen LogP contribution in [0.25, 0.3) is 0 Å². The molecule has 0 fully saturated rings. The van der Waals surface area contributed by atoms with Gasteiger partial charge in [-0.1, -0.05) is 6.07 Å². The van der Waals surface area contributed by atoms with Crippen LogP contribution in [0.5, 0.6) is 0 Å². The largest absolute Gasteiger partial charge is 0.480 e. The van der Waals surface area contributed by atoms with Crippen molar-refractivity contribution in [2.45, 2.75) is 17.1 Å². The van der Waals surface area contributed by atoms with Crippen LogP contribution in [0.4, 0.5) is 5.69 Å². The number of hydrogen-bond acceptors (Lipinski definition) is 4. The van der Waals surface area contributed by atoms with Gasteiger partial charge in [0.15, 0.2) is 0 Å². The van der Waals surface area contributed by atoms with Gasteiger partial charge in [0, 0.05) is 17.7 Å². The van der Waals surface area contributed by atoms with Crippen LogP contribution < -0.4 is 5.73 Å². The van der Waals surface area contributed by atoms with Crippen molar-refractivity contribution in [2.24, 2.45) is 0 Å². The van der Waals surface area contributed by atoms with Crippen molar-refractivity contribution >= 4 is 23.4 Å². The predicted molar refractivity (Wildman–Crippen MR) is 64.7 cm³/mol. The summed E-state index contributed by atoms with van der Waals surface area (Å²) in [6.45, 7) is 2.10. The van der Waals surface area contributed by atoms with Crippen LogP contribution in [0.2, 0.25) is 0 Å². The quantitative estimate of drug-likeness (QED) is 0.607. The lowest BCUT2D eigenvalue weighted by Gasteiger charge is -2.12. The van der Waals surface area contributed by atoms with Gasteiger partial charge >= 0.3 is 5.97 Å². The first-order chi connectivity index (χ1) is 7.54. The van der Waals surface area contributed by atoms with Gasteiger partial charge in [0.05, 0.1) is 6.61 Å². The standard InChI is InChI=1S/C11H15NO3S/c1-7-3-4-9(8(12)5-7)16-10(6-15-2)11(13)14/h3-5,10H,6,12H2,1-2H3,(H,13,14). The molecule has 4 nitrogen and oxygen atoms in total. The van der Waals surface area contributed by atoms with E-state index >= 15 is 0 Å². The fourth-order valence-corrected chi connectivity index (χ4v) is 2.19. The SMILES string of the molecule is COCC(Sc1ccc(C)cc1N)C(=O)O. The van der Waals surface area contributed by atoms with E-state index in [1.807, 2.05) is 25.1 Å². The lowest BCUT2D eigenvalue weighted by atomic mass is 10.2. The highest BCUT2D eigenvalue weighted by molar-refractivity contribution is 8.00. The first-order valence-electron chi connectivity index (χ1n) is 4.79. The van der Waals surface area contributed by atoms with Gasteiger partial charge < -0.3 is 15.6 Å². The van der Waals surface area contributed by atoms with E-state index in [1.165, 1.54) is 18.9 Å². The van der Waals surface area contributed by atoms with Gasteiger partial charge in [-0.2, -0.15) is 0 Å². The summed E-state index contributed by atoms with van der Waals surface area (Å²) in [5, 5.41) is 8.34. The van der Waals surface area contributed by atoms with Crippen molar-refractivity contribution in [3.63, 3.8) is 0 Å². The Morgan fingerprint density at radius 2 is 2.31 bits per heavy atom. The number of rotatable bonds is 5. The van der Waals surface area contributed by atoms with Crippen LogP contribution in [0.15, 0.2) is 23.1 Å². The maximum Gasteiger partial charge on any atom is 0.319 e. The fraction of sp³-hybridized carbons (Fsp3) is 0.364. The van der Waals surface area contributed by atoms with Crippen LogP contribution in [0.1, 0.15) is 5.56 Å². The van der Waals surface area contributed by atoms with Gasteiger partial charge in [0.25, 0.3) is 0 Å². The Morgan fingerprint density at radius 1 is 1.62 bits per heavy atom. The number of thioether (sulfide) groups is 1. The number of anilines is 1. The average molecular weight is 241 g/mol. The molecule has 0 bridgehead atoms. The number of aliphatic carboxylic acids is 1. The molecule has 0 aliphatic rings. The Hall–Kier alpha value is -1.20. The maximum atomic E-state index is 10.9. The summed E-state index contributed by atoms with van der Waals surface area (Å²) < 4.78 is 4.86. The highest BCUT2D eigenvalue weighted by Gasteiger charge is 2.19. The lowest BCUT2D eigenvalue weighted by molar-refractivity contribution is -0.137. The number of hydrogen-bond donors (Lipinski definition) is 2. The molecule has 0 aliphatic heterocycles. The number of carboxylic acid groups (broad SMARTS) is 1. The van der Waals surface area contributed by atoms with Crippen LogP contribution >= 0.6 is 11.8 Å². The highest BCUT2D eigenvalue weighted by atomic mass is 32.2. The van der Waals surface area contributed by atoms with E-state index in [4.69, 9.17) is 15.6 Å². The lowest BCUT2D eigenvalue weighted by Crippen LogP contribution is -2.21. The molecule has 0 saturated carbocycles. The number of carboxylic acids is 1. The highest BCUT2D eigenvalue weighted by Crippen LogP contribution is 2.29. The minimum absolute atomic E-state index is 0.160. The molecule has 5 heteroatoms. The van der Waals surface area contributed by atoms with Gasteiger partial charge in [0.2, 0.25) is 0 Å². The summed E-state index contributed by atoms with van der Waals surface area (Å²) >= 11 is 1.21. The van der Waals surface area contributed by atoms with Gasteiger partial charge in [-0.25, -0.2) is 0 Å². The molecule has 0 heterocycles. The minimum Gasteiger partial charge on any atom is -0.480 e. The van der Waals surface area contributed by atoms with Crippen molar-refractivity contribution < 1.29 is 14.6 Å². The van der Waals surface area contributed by atoms with E-state index in [-0.39, 0.29) is 6.61 Å². The van der Waals surface area contributed by atoms with E-state index in [1.54, 1.807) is 0 Å². The van der Waals surface area contributed by atoms with Crippen LogP contribution in [0, 0.1) is 6.92 Å². The van der Waals surface area contributed by atoms with E-state index in [0.29, 0.717) is 5.69 Å². The van der Waals surface area contributed by atoms with Gasteiger partial charge in [-0.15, -0.1) is 11.8 Å². The van der Waals surface area contributed by atoms with Crippen molar-refractivity contribution in [3.8, 4) is 0 Å². The third-order valence-electron chi connectivity index (χ3n) is 2.03. The Morgan fingerprint density at radius 3 is 2.81 bits per heavy atom.